The van der Waals surface area contributed by atoms with Gasteiger partial charge in [-0.05, 0) is 37.3 Å². The molecule has 2 N–H and O–H groups in total. The minimum absolute atomic E-state index is 0.0222. The summed E-state index contributed by atoms with van der Waals surface area (Å²) in [5.41, 5.74) is 0.539. The summed E-state index contributed by atoms with van der Waals surface area (Å²) in [6, 6.07) is 10.8. The van der Waals surface area contributed by atoms with Crippen LogP contribution in [0.1, 0.15) is 13.8 Å². The number of urea groups is 1. The fourth-order valence-corrected chi connectivity index (χ4v) is 5.89. The Balaban J connectivity index is 1.89. The highest BCUT2D eigenvalue weighted by atomic mass is 79.9. The van der Waals surface area contributed by atoms with Crippen LogP contribution in [0.15, 0.2) is 51.8 Å². The monoisotopic (exact) mass is 555 g/mol. The summed E-state index contributed by atoms with van der Waals surface area (Å²) in [7, 11) is -0.725. The van der Waals surface area contributed by atoms with Gasteiger partial charge in [0.1, 0.15) is 22.5 Å². The van der Waals surface area contributed by atoms with E-state index in [1.807, 2.05) is 13.0 Å². The number of aliphatic hydroxyl groups is 1. The highest BCUT2D eigenvalue weighted by Gasteiger charge is 2.38. The van der Waals surface area contributed by atoms with Crippen LogP contribution >= 0.6 is 15.9 Å². The number of carbonyl (C=O) groups is 1. The number of hydrogen-bond acceptors (Lipinski definition) is 6. The number of nitrogens with one attached hydrogen (secondary N) is 1. The molecule has 0 aliphatic carbocycles. The molecular weight excluding hydrogens is 526 g/mol. The molecule has 1 heterocycles. The van der Waals surface area contributed by atoms with Gasteiger partial charge in [-0.2, -0.15) is 4.31 Å². The van der Waals surface area contributed by atoms with Crippen molar-refractivity contribution in [3.63, 3.8) is 0 Å². The standard InChI is InChI=1S/C23H30BrN3O6S/c1-15-12-27(16(2)14-28)34(30,31)22-10-9-17(24)11-20(22)33-21(15)13-26(3)23(29)25-18-7-5-6-8-19(18)32-4/h5-11,15-16,21,28H,12-14H2,1-4H3,(H,25,29)/t15-,16-,21-/m0/s1. The summed E-state index contributed by atoms with van der Waals surface area (Å²) in [4.78, 5) is 14.4. The topological polar surface area (TPSA) is 108 Å². The zero-order valence-corrected chi connectivity index (χ0v) is 22.0. The number of para-hydroxylation sites is 2. The maximum absolute atomic E-state index is 13.4. The average molecular weight is 556 g/mol. The molecule has 0 saturated carbocycles. The molecule has 2 aromatic carbocycles. The first-order chi connectivity index (χ1) is 16.1. The summed E-state index contributed by atoms with van der Waals surface area (Å²) in [6.45, 7) is 3.55. The molecule has 0 fully saturated rings. The van der Waals surface area contributed by atoms with E-state index < -0.39 is 22.2 Å². The number of halogens is 1. The first kappa shape index (κ1) is 26.3. The molecular formula is C23H30BrN3O6S. The average Bonchev–Trinajstić information content (AvgIpc) is 2.80. The number of likely N-dealkylation sites (N-methyl/N-ethyl adjacent to an activating group) is 1. The van der Waals surface area contributed by atoms with Gasteiger partial charge in [-0.1, -0.05) is 35.0 Å². The second-order valence-electron chi connectivity index (χ2n) is 8.34. The highest BCUT2D eigenvalue weighted by Crippen LogP contribution is 2.35. The Labute approximate surface area is 208 Å². The lowest BCUT2D eigenvalue weighted by atomic mass is 10.0. The number of rotatable bonds is 6. The zero-order valence-electron chi connectivity index (χ0n) is 19.6. The van der Waals surface area contributed by atoms with Crippen LogP contribution in [0.3, 0.4) is 0 Å². The maximum atomic E-state index is 13.4. The van der Waals surface area contributed by atoms with Crippen LogP contribution in [0, 0.1) is 5.92 Å². The number of ether oxygens (including phenoxy) is 2. The Kier molecular flexibility index (Phi) is 8.45. The number of benzene rings is 2. The second kappa shape index (κ2) is 10.9. The van der Waals surface area contributed by atoms with Crippen LogP contribution in [-0.4, -0.2) is 74.8 Å². The summed E-state index contributed by atoms with van der Waals surface area (Å²) in [5.74, 6) is 0.453. The molecule has 0 spiro atoms. The third kappa shape index (κ3) is 5.65. The Morgan fingerprint density at radius 3 is 2.74 bits per heavy atom. The lowest BCUT2D eigenvalue weighted by Crippen LogP contribution is -2.50. The first-order valence-corrected chi connectivity index (χ1v) is 13.1. The number of fused-ring (bicyclic) bond motifs is 1. The summed E-state index contributed by atoms with van der Waals surface area (Å²) in [6.07, 6.45) is -0.509. The number of carbonyl (C=O) groups excluding carboxylic acids is 1. The van der Waals surface area contributed by atoms with Crippen molar-refractivity contribution in [2.24, 2.45) is 5.92 Å². The van der Waals surface area contributed by atoms with Crippen molar-refractivity contribution < 1.29 is 27.8 Å². The van der Waals surface area contributed by atoms with Crippen molar-refractivity contribution >= 4 is 37.7 Å². The molecule has 186 valence electrons. The van der Waals surface area contributed by atoms with E-state index in [4.69, 9.17) is 9.47 Å². The molecule has 0 bridgehead atoms. The second-order valence-corrected chi connectivity index (χ2v) is 11.1. The van der Waals surface area contributed by atoms with Gasteiger partial charge in [0, 0.05) is 30.0 Å². The molecule has 3 atom stereocenters. The van der Waals surface area contributed by atoms with E-state index in [0.29, 0.717) is 15.9 Å². The molecule has 2 amide bonds. The van der Waals surface area contributed by atoms with Gasteiger partial charge >= 0.3 is 6.03 Å². The fourth-order valence-electron chi connectivity index (χ4n) is 3.73. The smallest absolute Gasteiger partial charge is 0.321 e. The van der Waals surface area contributed by atoms with Gasteiger partial charge in [-0.15, -0.1) is 0 Å². The van der Waals surface area contributed by atoms with Crippen molar-refractivity contribution in [2.45, 2.75) is 30.9 Å². The third-order valence-electron chi connectivity index (χ3n) is 5.78. The lowest BCUT2D eigenvalue weighted by molar-refractivity contribution is 0.0829. The number of hydrogen-bond donors (Lipinski definition) is 2. The number of methoxy groups -OCH3 is 1. The van der Waals surface area contributed by atoms with Gasteiger partial charge in [0.15, 0.2) is 0 Å². The minimum Gasteiger partial charge on any atom is -0.495 e. The predicted octanol–water partition coefficient (Wildman–Crippen LogP) is 3.39. The molecule has 0 saturated heterocycles. The fraction of sp³-hybridized carbons (Fsp3) is 0.435. The predicted molar refractivity (Wildman–Crippen MR) is 133 cm³/mol. The molecule has 0 aromatic heterocycles. The summed E-state index contributed by atoms with van der Waals surface area (Å²) >= 11 is 3.38. The lowest BCUT2D eigenvalue weighted by Gasteiger charge is -2.37. The van der Waals surface area contributed by atoms with Crippen LogP contribution in [0.4, 0.5) is 10.5 Å². The Bertz CT molecular complexity index is 1130. The van der Waals surface area contributed by atoms with Crippen molar-refractivity contribution in [1.82, 2.24) is 9.21 Å². The number of nitrogens with zero attached hydrogens (tertiary/aromatic N) is 2. The largest absolute Gasteiger partial charge is 0.495 e. The number of anilines is 1. The van der Waals surface area contributed by atoms with Crippen LogP contribution in [0.25, 0.3) is 0 Å². The normalized spacial score (nSPS) is 20.8. The Morgan fingerprint density at radius 1 is 1.35 bits per heavy atom. The molecule has 9 nitrogen and oxygen atoms in total. The van der Waals surface area contributed by atoms with Crippen molar-refractivity contribution in [3.8, 4) is 11.5 Å². The maximum Gasteiger partial charge on any atom is 0.321 e. The zero-order chi connectivity index (χ0) is 25.0. The van der Waals surface area contributed by atoms with Gasteiger partial charge in [0.2, 0.25) is 10.0 Å². The number of amides is 2. The van der Waals surface area contributed by atoms with Crippen molar-refractivity contribution in [2.75, 3.05) is 39.2 Å². The quantitative estimate of drug-likeness (QED) is 0.565. The van der Waals surface area contributed by atoms with E-state index in [2.05, 4.69) is 21.2 Å². The van der Waals surface area contributed by atoms with Crippen LogP contribution < -0.4 is 14.8 Å². The summed E-state index contributed by atoms with van der Waals surface area (Å²) in [5, 5.41) is 12.5. The molecule has 3 rings (SSSR count). The van der Waals surface area contributed by atoms with Crippen LogP contribution in [0.5, 0.6) is 11.5 Å². The molecule has 2 aromatic rings. The SMILES string of the molecule is COc1ccccc1NC(=O)N(C)C[C@@H]1Oc2cc(Br)ccc2S(=O)(=O)N([C@@H](C)CO)C[C@@H]1C. The van der Waals surface area contributed by atoms with Crippen molar-refractivity contribution in [1.29, 1.82) is 0 Å². The minimum atomic E-state index is -3.90. The highest BCUT2D eigenvalue weighted by molar-refractivity contribution is 9.10. The molecule has 0 unspecified atom stereocenters. The number of sulfonamides is 1. The van der Waals surface area contributed by atoms with E-state index in [9.17, 15) is 18.3 Å². The Morgan fingerprint density at radius 2 is 2.06 bits per heavy atom. The Hall–Kier alpha value is -2.34. The van der Waals surface area contributed by atoms with E-state index in [1.165, 1.54) is 22.4 Å². The van der Waals surface area contributed by atoms with E-state index >= 15 is 0 Å². The van der Waals surface area contributed by atoms with E-state index in [0.717, 1.165) is 0 Å². The van der Waals surface area contributed by atoms with Gasteiger partial charge < -0.3 is 24.8 Å². The van der Waals surface area contributed by atoms with Crippen molar-refractivity contribution in [3.05, 3.63) is 46.9 Å². The van der Waals surface area contributed by atoms with Gasteiger partial charge in [0.25, 0.3) is 0 Å². The molecule has 34 heavy (non-hydrogen) atoms. The number of aliphatic hydroxyl groups excluding tert-OH is 1. The van der Waals surface area contributed by atoms with E-state index in [1.54, 1.807) is 44.3 Å². The van der Waals surface area contributed by atoms with Gasteiger partial charge in [-0.25, -0.2) is 13.2 Å². The molecule has 11 heteroatoms. The van der Waals surface area contributed by atoms with Crippen LogP contribution in [-0.2, 0) is 10.0 Å². The first-order valence-electron chi connectivity index (χ1n) is 10.8. The van der Waals surface area contributed by atoms with Gasteiger partial charge in [0.05, 0.1) is 25.9 Å². The molecule has 1 aliphatic rings. The molecule has 0 radical (unpaired) electrons. The van der Waals surface area contributed by atoms with Gasteiger partial charge in [-0.3, -0.25) is 0 Å². The van der Waals surface area contributed by atoms with Crippen LogP contribution in [0.2, 0.25) is 0 Å². The summed E-state index contributed by atoms with van der Waals surface area (Å²) < 4.78 is 40.2. The third-order valence-corrected chi connectivity index (χ3v) is 8.29. The molecule has 1 aliphatic heterocycles. The van der Waals surface area contributed by atoms with E-state index in [-0.39, 0.29) is 42.3 Å².